The monoisotopic (exact) mass is 595 g/mol. The zero-order chi connectivity index (χ0) is 29.2. The number of nitrogens with zero attached hydrogens (tertiary/aromatic N) is 3. The summed E-state index contributed by atoms with van der Waals surface area (Å²) in [5, 5.41) is 9.70. The van der Waals surface area contributed by atoms with Gasteiger partial charge in [0.1, 0.15) is 0 Å². The highest BCUT2D eigenvalue weighted by Gasteiger charge is 2.36. The largest absolute Gasteiger partial charge is 0.493 e. The predicted molar refractivity (Wildman–Crippen MR) is 172 cm³/mol. The van der Waals surface area contributed by atoms with Gasteiger partial charge in [0.15, 0.2) is 11.5 Å². The highest BCUT2D eigenvalue weighted by atomic mass is 32.2. The number of ether oxygens (including phenoxy) is 2. The van der Waals surface area contributed by atoms with E-state index in [4.69, 9.17) is 14.6 Å². The average molecular weight is 596 g/mol. The number of hydrogen-bond acceptors (Lipinski definition) is 6. The van der Waals surface area contributed by atoms with Crippen molar-refractivity contribution in [2.24, 2.45) is 5.10 Å². The van der Waals surface area contributed by atoms with E-state index < -0.39 is 0 Å². The smallest absolute Gasteiger partial charge is 0.253 e. The third-order valence-corrected chi connectivity index (χ3v) is 9.66. The molecule has 6 nitrogen and oxygen atoms in total. The number of carbonyl (C=O) groups is 1. The van der Waals surface area contributed by atoms with Crippen LogP contribution < -0.4 is 9.47 Å². The molecule has 1 aliphatic rings. The van der Waals surface area contributed by atoms with Crippen molar-refractivity contribution in [1.29, 1.82) is 0 Å². The molecule has 5 aromatic rings. The summed E-state index contributed by atoms with van der Waals surface area (Å²) in [6.07, 6.45) is 2.78. The number of thioether (sulfide) groups is 1. The van der Waals surface area contributed by atoms with Crippen LogP contribution in [0, 0.1) is 13.8 Å². The van der Waals surface area contributed by atoms with E-state index in [1.807, 2.05) is 29.6 Å². The Bertz CT molecular complexity index is 1770. The van der Waals surface area contributed by atoms with Crippen LogP contribution in [-0.4, -0.2) is 41.2 Å². The number of fused-ring (bicyclic) bond motifs is 1. The molecule has 0 fully saturated rings. The minimum Gasteiger partial charge on any atom is -0.493 e. The van der Waals surface area contributed by atoms with Crippen LogP contribution in [0.4, 0.5) is 0 Å². The number of aryl methyl sites for hydroxylation is 2. The minimum absolute atomic E-state index is 0.0483. The Morgan fingerprint density at radius 3 is 2.67 bits per heavy atom. The first-order valence-electron chi connectivity index (χ1n) is 13.9. The van der Waals surface area contributed by atoms with Crippen LogP contribution in [0.5, 0.6) is 11.5 Å². The van der Waals surface area contributed by atoms with Crippen LogP contribution in [0.15, 0.2) is 94.4 Å². The van der Waals surface area contributed by atoms with Crippen molar-refractivity contribution < 1.29 is 14.3 Å². The van der Waals surface area contributed by atoms with Gasteiger partial charge < -0.3 is 14.0 Å². The van der Waals surface area contributed by atoms with E-state index in [1.54, 1.807) is 42.3 Å². The van der Waals surface area contributed by atoms with Gasteiger partial charge in [-0.3, -0.25) is 4.79 Å². The van der Waals surface area contributed by atoms with E-state index in [0.29, 0.717) is 17.9 Å². The Hall–Kier alpha value is -4.01. The normalized spacial score (nSPS) is 14.8. The molecular weight excluding hydrogens is 563 g/mol. The lowest BCUT2D eigenvalue weighted by molar-refractivity contribution is -0.130. The maximum atomic E-state index is 13.9. The van der Waals surface area contributed by atoms with E-state index in [-0.39, 0.29) is 17.7 Å². The molecule has 3 heterocycles. The number of amides is 1. The Kier molecular flexibility index (Phi) is 8.09. The number of thiophene rings is 1. The summed E-state index contributed by atoms with van der Waals surface area (Å²) in [6.45, 7) is 5.06. The molecule has 1 amide bonds. The maximum absolute atomic E-state index is 13.9. The maximum Gasteiger partial charge on any atom is 0.253 e. The van der Waals surface area contributed by atoms with Gasteiger partial charge in [-0.05, 0) is 48.6 Å². The first-order valence-corrected chi connectivity index (χ1v) is 15.7. The van der Waals surface area contributed by atoms with E-state index >= 15 is 0 Å². The molecule has 0 radical (unpaired) electrons. The highest BCUT2D eigenvalue weighted by Crippen LogP contribution is 2.42. The molecule has 8 heteroatoms. The molecule has 42 heavy (non-hydrogen) atoms. The molecule has 6 rings (SSSR count). The van der Waals surface area contributed by atoms with Crippen LogP contribution in [0.1, 0.15) is 39.6 Å². The van der Waals surface area contributed by atoms with Gasteiger partial charge in [-0.1, -0.05) is 60.2 Å². The van der Waals surface area contributed by atoms with Crippen molar-refractivity contribution in [2.75, 3.05) is 20.0 Å². The second kappa shape index (κ2) is 12.1. The lowest BCUT2D eigenvalue weighted by Crippen LogP contribution is -2.28. The summed E-state index contributed by atoms with van der Waals surface area (Å²) in [5.41, 5.74) is 6.77. The number of para-hydroxylation sites is 2. The molecule has 1 unspecified atom stereocenters. The number of aromatic nitrogens is 1. The molecule has 0 N–H and O–H groups in total. The van der Waals surface area contributed by atoms with Crippen LogP contribution in [0.2, 0.25) is 0 Å². The van der Waals surface area contributed by atoms with Crippen molar-refractivity contribution in [2.45, 2.75) is 37.8 Å². The third-order valence-electron chi connectivity index (χ3n) is 7.71. The molecule has 3 aromatic carbocycles. The Labute approximate surface area is 254 Å². The Morgan fingerprint density at radius 2 is 1.88 bits per heavy atom. The molecular formula is C34H33N3O3S2. The zero-order valence-electron chi connectivity index (χ0n) is 24.2. The fraction of sp³-hybridized carbons (Fsp3) is 0.235. The SMILES string of the molecule is COc1cccc(C2CC(c3cccs3)=NN2C(=O)CSc2cn(Cc3cc(C)ccc3C)c3ccccc23)c1OC. The summed E-state index contributed by atoms with van der Waals surface area (Å²) < 4.78 is 13.6. The van der Waals surface area contributed by atoms with E-state index in [1.165, 1.54) is 16.7 Å². The molecule has 0 saturated carbocycles. The summed E-state index contributed by atoms with van der Waals surface area (Å²) in [4.78, 5) is 16.1. The van der Waals surface area contributed by atoms with Crippen molar-refractivity contribution in [1.82, 2.24) is 9.58 Å². The quantitative estimate of drug-likeness (QED) is 0.163. The molecule has 0 aliphatic carbocycles. The predicted octanol–water partition coefficient (Wildman–Crippen LogP) is 7.86. The summed E-state index contributed by atoms with van der Waals surface area (Å²) in [7, 11) is 3.26. The summed E-state index contributed by atoms with van der Waals surface area (Å²) in [6, 6.07) is 24.6. The van der Waals surface area contributed by atoms with Gasteiger partial charge in [-0.25, -0.2) is 5.01 Å². The standard InChI is InChI=1S/C34H33N3O3S2/c1-22-14-15-23(2)24(17-22)19-36-20-32(25-9-5-6-11-28(25)36)42-21-33(38)37-29(18-27(35-37)31-13-8-16-41-31)26-10-7-12-30(39-3)34(26)40-4/h5-17,20,29H,18-19,21H2,1-4H3. The van der Waals surface area contributed by atoms with Crippen molar-refractivity contribution in [3.8, 4) is 11.5 Å². The van der Waals surface area contributed by atoms with Crippen molar-refractivity contribution >= 4 is 45.6 Å². The highest BCUT2D eigenvalue weighted by molar-refractivity contribution is 8.00. The van der Waals surface area contributed by atoms with Crippen LogP contribution in [0.25, 0.3) is 10.9 Å². The van der Waals surface area contributed by atoms with Crippen LogP contribution in [0.3, 0.4) is 0 Å². The van der Waals surface area contributed by atoms with Gasteiger partial charge in [0.2, 0.25) is 0 Å². The van der Waals surface area contributed by atoms with Gasteiger partial charge >= 0.3 is 0 Å². The first kappa shape index (κ1) is 28.1. The fourth-order valence-corrected chi connectivity index (χ4v) is 7.23. The summed E-state index contributed by atoms with van der Waals surface area (Å²) >= 11 is 3.20. The number of carbonyl (C=O) groups excluding carboxylic acids is 1. The Morgan fingerprint density at radius 1 is 1.02 bits per heavy atom. The lowest BCUT2D eigenvalue weighted by Gasteiger charge is -2.24. The van der Waals surface area contributed by atoms with E-state index in [0.717, 1.165) is 38.5 Å². The molecule has 2 aromatic heterocycles. The second-order valence-electron chi connectivity index (χ2n) is 10.4. The molecule has 1 atom stereocenters. The number of rotatable bonds is 9. The molecule has 0 saturated heterocycles. The number of hydrazone groups is 1. The van der Waals surface area contributed by atoms with Gasteiger partial charge in [-0.15, -0.1) is 23.1 Å². The van der Waals surface area contributed by atoms with Crippen LogP contribution >= 0.6 is 23.1 Å². The lowest BCUT2D eigenvalue weighted by atomic mass is 9.99. The second-order valence-corrected chi connectivity index (χ2v) is 12.4. The number of benzene rings is 3. The molecule has 1 aliphatic heterocycles. The number of methoxy groups -OCH3 is 2. The topological polar surface area (TPSA) is 56.1 Å². The van der Waals surface area contributed by atoms with Crippen molar-refractivity contribution in [3.63, 3.8) is 0 Å². The van der Waals surface area contributed by atoms with Gasteiger partial charge in [0.05, 0.1) is 36.6 Å². The van der Waals surface area contributed by atoms with Gasteiger partial charge in [0.25, 0.3) is 5.91 Å². The fourth-order valence-electron chi connectivity index (χ4n) is 5.57. The van der Waals surface area contributed by atoms with Gasteiger partial charge in [0, 0.05) is 40.5 Å². The molecule has 0 bridgehead atoms. The Balaban J connectivity index is 1.29. The van der Waals surface area contributed by atoms with Crippen LogP contribution in [-0.2, 0) is 11.3 Å². The molecule has 214 valence electrons. The average Bonchev–Trinajstić information content (AvgIpc) is 3.77. The molecule has 0 spiro atoms. The van der Waals surface area contributed by atoms with Gasteiger partial charge in [-0.2, -0.15) is 5.10 Å². The number of hydrogen-bond donors (Lipinski definition) is 0. The van der Waals surface area contributed by atoms with E-state index in [2.05, 4.69) is 73.1 Å². The first-order chi connectivity index (χ1) is 20.5. The zero-order valence-corrected chi connectivity index (χ0v) is 25.8. The van der Waals surface area contributed by atoms with Crippen molar-refractivity contribution in [3.05, 3.63) is 112 Å². The summed E-state index contributed by atoms with van der Waals surface area (Å²) in [5.74, 6) is 1.49. The minimum atomic E-state index is -0.286. The third kappa shape index (κ3) is 5.44. The van der Waals surface area contributed by atoms with E-state index in [9.17, 15) is 4.79 Å².